The number of benzene rings is 2. The molecule has 0 bridgehead atoms. The number of thioether (sulfide) groups is 1. The van der Waals surface area contributed by atoms with Gasteiger partial charge in [-0.25, -0.2) is 4.39 Å². The van der Waals surface area contributed by atoms with E-state index in [1.807, 2.05) is 12.1 Å². The number of ether oxygens (including phenoxy) is 1. The Hall–Kier alpha value is -3.78. The van der Waals surface area contributed by atoms with Crippen LogP contribution >= 0.6 is 11.8 Å². The Morgan fingerprint density at radius 2 is 1.86 bits per heavy atom. The van der Waals surface area contributed by atoms with Crippen LogP contribution in [0.2, 0.25) is 0 Å². The van der Waals surface area contributed by atoms with Crippen molar-refractivity contribution in [1.82, 2.24) is 19.7 Å². The number of aromatic nitrogens is 4. The van der Waals surface area contributed by atoms with Crippen LogP contribution in [0.5, 0.6) is 5.75 Å². The molecule has 0 amide bonds. The fourth-order valence-corrected chi connectivity index (χ4v) is 4.52. The van der Waals surface area contributed by atoms with Gasteiger partial charge in [0.05, 0.1) is 6.61 Å². The third-order valence-electron chi connectivity index (χ3n) is 5.32. The highest BCUT2D eigenvalue weighted by Gasteiger charge is 2.16. The first-order valence-corrected chi connectivity index (χ1v) is 12.7. The van der Waals surface area contributed by atoms with Crippen LogP contribution in [-0.2, 0) is 0 Å². The molecule has 2 aromatic carbocycles. The maximum absolute atomic E-state index is 13.3. The zero-order valence-electron chi connectivity index (χ0n) is 20.2. The molecule has 0 aliphatic heterocycles. The summed E-state index contributed by atoms with van der Waals surface area (Å²) in [6, 6.07) is 17.2. The maximum atomic E-state index is 13.3. The zero-order chi connectivity index (χ0) is 25.3. The first-order valence-electron chi connectivity index (χ1n) is 11.7. The van der Waals surface area contributed by atoms with Crippen molar-refractivity contribution in [2.75, 3.05) is 12.4 Å². The largest absolute Gasteiger partial charge is 0.494 e. The zero-order valence-corrected chi connectivity index (χ0v) is 21.0. The van der Waals surface area contributed by atoms with Gasteiger partial charge in [-0.3, -0.25) is 14.3 Å². The standard InChI is InChI=1S/C28H27FN4O2S/c1-20(2)33-27(23-13-15-30-16-14-23)31-32-28(33)36-18-4-17-35-25-10-8-22(9-11-25)26(34)12-7-21-5-3-6-24(29)19-21/h3,5-16,19-20H,4,17-18H2,1-2H3/b12-7+. The molecule has 0 spiro atoms. The molecule has 0 atom stereocenters. The lowest BCUT2D eigenvalue weighted by molar-refractivity contribution is 0.104. The lowest BCUT2D eigenvalue weighted by Gasteiger charge is -2.13. The van der Waals surface area contributed by atoms with Crippen LogP contribution in [0.15, 0.2) is 84.3 Å². The van der Waals surface area contributed by atoms with Crippen molar-refractivity contribution in [3.05, 3.63) is 96.1 Å². The van der Waals surface area contributed by atoms with Crippen LogP contribution in [0, 0.1) is 5.82 Å². The second kappa shape index (κ2) is 12.3. The summed E-state index contributed by atoms with van der Waals surface area (Å²) in [6.07, 6.45) is 7.39. The molecule has 0 fully saturated rings. The van der Waals surface area contributed by atoms with Gasteiger partial charge in [-0.15, -0.1) is 10.2 Å². The van der Waals surface area contributed by atoms with E-state index in [0.717, 1.165) is 28.7 Å². The van der Waals surface area contributed by atoms with Gasteiger partial charge in [-0.2, -0.15) is 0 Å². The third-order valence-corrected chi connectivity index (χ3v) is 6.35. The van der Waals surface area contributed by atoms with E-state index >= 15 is 0 Å². The average Bonchev–Trinajstić information content (AvgIpc) is 3.32. The highest BCUT2D eigenvalue weighted by Crippen LogP contribution is 2.27. The van der Waals surface area contributed by atoms with Crippen molar-refractivity contribution in [3.63, 3.8) is 0 Å². The fraction of sp³-hybridized carbons (Fsp3) is 0.214. The number of carbonyl (C=O) groups excluding carboxylic acids is 1. The van der Waals surface area contributed by atoms with E-state index in [-0.39, 0.29) is 17.6 Å². The Morgan fingerprint density at radius 1 is 1.08 bits per heavy atom. The summed E-state index contributed by atoms with van der Waals surface area (Å²) in [5.41, 5.74) is 2.18. The van der Waals surface area contributed by atoms with Gasteiger partial charge in [-0.05, 0) is 80.4 Å². The van der Waals surface area contributed by atoms with Crippen molar-refractivity contribution in [2.45, 2.75) is 31.5 Å². The van der Waals surface area contributed by atoms with Crippen molar-refractivity contribution >= 4 is 23.6 Å². The van der Waals surface area contributed by atoms with E-state index < -0.39 is 0 Å². The van der Waals surface area contributed by atoms with E-state index in [4.69, 9.17) is 4.74 Å². The predicted molar refractivity (Wildman–Crippen MR) is 141 cm³/mol. The molecule has 4 rings (SSSR count). The normalized spacial score (nSPS) is 11.3. The summed E-state index contributed by atoms with van der Waals surface area (Å²) in [4.78, 5) is 16.5. The van der Waals surface area contributed by atoms with Gasteiger partial charge in [0.15, 0.2) is 16.8 Å². The number of hydrogen-bond donors (Lipinski definition) is 0. The lowest BCUT2D eigenvalue weighted by Crippen LogP contribution is -2.06. The quantitative estimate of drug-likeness (QED) is 0.101. The van der Waals surface area contributed by atoms with Crippen LogP contribution in [0.1, 0.15) is 42.2 Å². The summed E-state index contributed by atoms with van der Waals surface area (Å²) in [5.74, 6) is 1.90. The molecule has 2 aromatic heterocycles. The van der Waals surface area contributed by atoms with Gasteiger partial charge in [-0.1, -0.05) is 30.0 Å². The molecule has 0 saturated carbocycles. The molecule has 0 aliphatic carbocycles. The Kier molecular flexibility index (Phi) is 8.62. The molecule has 8 heteroatoms. The van der Waals surface area contributed by atoms with E-state index in [1.165, 1.54) is 18.2 Å². The number of ketones is 1. The first kappa shape index (κ1) is 25.3. The lowest BCUT2D eigenvalue weighted by atomic mass is 10.1. The van der Waals surface area contributed by atoms with Gasteiger partial charge in [0.1, 0.15) is 11.6 Å². The molecular weight excluding hydrogens is 475 g/mol. The number of rotatable bonds is 11. The van der Waals surface area contributed by atoms with Crippen molar-refractivity contribution < 1.29 is 13.9 Å². The number of pyridine rings is 1. The fourth-order valence-electron chi connectivity index (χ4n) is 3.54. The molecule has 4 aromatic rings. The Balaban J connectivity index is 1.25. The summed E-state index contributed by atoms with van der Waals surface area (Å²) in [6.45, 7) is 4.78. The number of carbonyl (C=O) groups is 1. The van der Waals surface area contributed by atoms with Crippen LogP contribution < -0.4 is 4.74 Å². The van der Waals surface area contributed by atoms with Gasteiger partial charge in [0.25, 0.3) is 0 Å². The second-order valence-electron chi connectivity index (χ2n) is 8.33. The first-order chi connectivity index (χ1) is 17.5. The van der Waals surface area contributed by atoms with Crippen LogP contribution in [0.3, 0.4) is 0 Å². The van der Waals surface area contributed by atoms with Gasteiger partial charge in [0, 0.05) is 35.3 Å². The van der Waals surface area contributed by atoms with E-state index in [9.17, 15) is 9.18 Å². The second-order valence-corrected chi connectivity index (χ2v) is 9.40. The van der Waals surface area contributed by atoms with E-state index in [1.54, 1.807) is 66.6 Å². The molecule has 6 nitrogen and oxygen atoms in total. The Bertz CT molecular complexity index is 1320. The SMILES string of the molecule is CC(C)n1c(SCCCOc2ccc(C(=O)/C=C/c3cccc(F)c3)cc2)nnc1-c1ccncc1. The molecule has 0 N–H and O–H groups in total. The van der Waals surface area contributed by atoms with Crippen molar-refractivity contribution in [1.29, 1.82) is 0 Å². The van der Waals surface area contributed by atoms with Gasteiger partial charge in [0.2, 0.25) is 0 Å². The van der Waals surface area contributed by atoms with Crippen LogP contribution in [0.4, 0.5) is 4.39 Å². The minimum absolute atomic E-state index is 0.150. The van der Waals surface area contributed by atoms with Crippen LogP contribution in [-0.4, -0.2) is 37.9 Å². The van der Waals surface area contributed by atoms with E-state index in [2.05, 4.69) is 33.6 Å². The summed E-state index contributed by atoms with van der Waals surface area (Å²) >= 11 is 1.65. The molecule has 2 heterocycles. The number of halogens is 1. The smallest absolute Gasteiger partial charge is 0.191 e. The highest BCUT2D eigenvalue weighted by molar-refractivity contribution is 7.99. The summed E-state index contributed by atoms with van der Waals surface area (Å²) < 4.78 is 21.2. The minimum atomic E-state index is -0.332. The summed E-state index contributed by atoms with van der Waals surface area (Å²) in [5, 5.41) is 9.67. The molecule has 0 radical (unpaired) electrons. The van der Waals surface area contributed by atoms with Crippen LogP contribution in [0.25, 0.3) is 17.5 Å². The number of nitrogens with zero attached hydrogens (tertiary/aromatic N) is 4. The minimum Gasteiger partial charge on any atom is -0.494 e. The predicted octanol–water partition coefficient (Wildman–Crippen LogP) is 6.52. The average molecular weight is 503 g/mol. The Morgan fingerprint density at radius 3 is 2.58 bits per heavy atom. The third kappa shape index (κ3) is 6.66. The summed E-state index contributed by atoms with van der Waals surface area (Å²) in [7, 11) is 0. The highest BCUT2D eigenvalue weighted by atomic mass is 32.2. The molecule has 0 unspecified atom stereocenters. The maximum Gasteiger partial charge on any atom is 0.191 e. The number of hydrogen-bond acceptors (Lipinski definition) is 6. The van der Waals surface area contributed by atoms with E-state index in [0.29, 0.717) is 23.5 Å². The molecular formula is C28H27FN4O2S. The Labute approximate surface area is 214 Å². The molecule has 0 saturated heterocycles. The van der Waals surface area contributed by atoms with Crippen molar-refractivity contribution in [2.24, 2.45) is 0 Å². The topological polar surface area (TPSA) is 69.9 Å². The molecule has 36 heavy (non-hydrogen) atoms. The van der Waals surface area contributed by atoms with Gasteiger partial charge < -0.3 is 4.74 Å². The number of allylic oxidation sites excluding steroid dienone is 1. The molecule has 0 aliphatic rings. The van der Waals surface area contributed by atoms with Gasteiger partial charge >= 0.3 is 0 Å². The van der Waals surface area contributed by atoms with Crippen molar-refractivity contribution in [3.8, 4) is 17.1 Å². The monoisotopic (exact) mass is 502 g/mol. The molecule has 184 valence electrons.